The molecule has 2 N–H and O–H groups in total. The van der Waals surface area contributed by atoms with E-state index in [0.29, 0.717) is 12.1 Å². The maximum atomic E-state index is 12.8. The standard InChI is InChI=1S/C20H30N2O3S/c1-5-10-21-18(24)16-14-11-13(25-20(2,3)4)8-9-15(14)26-19(16)22-17(23)12-6-7-12/h12-13H,5-11H2,1-4H3,(H,21,24)(H,22,23). The maximum absolute atomic E-state index is 12.8. The highest BCUT2D eigenvalue weighted by Crippen LogP contribution is 2.40. The summed E-state index contributed by atoms with van der Waals surface area (Å²) in [5, 5.41) is 6.73. The molecule has 0 aromatic carbocycles. The van der Waals surface area contributed by atoms with Crippen molar-refractivity contribution in [1.29, 1.82) is 0 Å². The fourth-order valence-electron chi connectivity index (χ4n) is 3.37. The van der Waals surface area contributed by atoms with Crippen LogP contribution in [0, 0.1) is 5.92 Å². The van der Waals surface area contributed by atoms with E-state index in [0.717, 1.165) is 49.1 Å². The number of hydrogen-bond donors (Lipinski definition) is 2. The van der Waals surface area contributed by atoms with E-state index in [2.05, 4.69) is 31.4 Å². The summed E-state index contributed by atoms with van der Waals surface area (Å²) in [5.41, 5.74) is 1.52. The lowest BCUT2D eigenvalue weighted by Crippen LogP contribution is -2.33. The third-order valence-corrected chi connectivity index (χ3v) is 5.89. The summed E-state index contributed by atoms with van der Waals surface area (Å²) < 4.78 is 6.18. The van der Waals surface area contributed by atoms with Crippen LogP contribution in [0.1, 0.15) is 74.2 Å². The maximum Gasteiger partial charge on any atom is 0.254 e. The van der Waals surface area contributed by atoms with Crippen LogP contribution in [0.3, 0.4) is 0 Å². The van der Waals surface area contributed by atoms with Crippen molar-refractivity contribution in [2.75, 3.05) is 11.9 Å². The SMILES string of the molecule is CCCNC(=O)c1c(NC(=O)C2CC2)sc2c1CC(OC(C)(C)C)CC2. The Kier molecular flexibility index (Phi) is 5.72. The summed E-state index contributed by atoms with van der Waals surface area (Å²) in [6, 6.07) is 0. The first-order valence-electron chi connectivity index (χ1n) is 9.70. The van der Waals surface area contributed by atoms with Gasteiger partial charge < -0.3 is 15.4 Å². The van der Waals surface area contributed by atoms with Crippen molar-refractivity contribution >= 4 is 28.2 Å². The molecule has 3 rings (SSSR count). The number of carbonyl (C=O) groups excluding carboxylic acids is 2. The minimum absolute atomic E-state index is 0.0515. The Balaban J connectivity index is 1.86. The molecule has 2 aliphatic carbocycles. The van der Waals surface area contributed by atoms with Crippen molar-refractivity contribution in [1.82, 2.24) is 5.32 Å². The molecule has 26 heavy (non-hydrogen) atoms. The highest BCUT2D eigenvalue weighted by molar-refractivity contribution is 7.17. The van der Waals surface area contributed by atoms with Crippen molar-refractivity contribution in [3.63, 3.8) is 0 Å². The minimum atomic E-state index is -0.203. The average molecular weight is 379 g/mol. The highest BCUT2D eigenvalue weighted by Gasteiger charge is 2.34. The van der Waals surface area contributed by atoms with Crippen LogP contribution in [0.15, 0.2) is 0 Å². The molecular formula is C20H30N2O3S. The summed E-state index contributed by atoms with van der Waals surface area (Å²) in [7, 11) is 0. The molecule has 1 unspecified atom stereocenters. The second-order valence-electron chi connectivity index (χ2n) is 8.32. The number of aryl methyl sites for hydroxylation is 1. The van der Waals surface area contributed by atoms with Gasteiger partial charge in [0.15, 0.2) is 0 Å². The molecule has 0 spiro atoms. The summed E-state index contributed by atoms with van der Waals surface area (Å²) >= 11 is 1.57. The van der Waals surface area contributed by atoms with Gasteiger partial charge >= 0.3 is 0 Å². The topological polar surface area (TPSA) is 67.4 Å². The van der Waals surface area contributed by atoms with Gasteiger partial charge in [0.05, 0.1) is 17.3 Å². The normalized spacial score (nSPS) is 19.8. The van der Waals surface area contributed by atoms with Crippen molar-refractivity contribution in [2.24, 2.45) is 5.92 Å². The van der Waals surface area contributed by atoms with E-state index < -0.39 is 0 Å². The Labute approximate surface area is 159 Å². The average Bonchev–Trinajstić information content (AvgIpc) is 3.34. The van der Waals surface area contributed by atoms with Crippen LogP contribution >= 0.6 is 11.3 Å². The van der Waals surface area contributed by atoms with Crippen LogP contribution < -0.4 is 10.6 Å². The largest absolute Gasteiger partial charge is 0.372 e. The monoisotopic (exact) mass is 378 g/mol. The summed E-state index contributed by atoms with van der Waals surface area (Å²) in [6.45, 7) is 8.86. The Hall–Kier alpha value is -1.40. The van der Waals surface area contributed by atoms with Crippen molar-refractivity contribution in [3.05, 3.63) is 16.0 Å². The summed E-state index contributed by atoms with van der Waals surface area (Å²) in [4.78, 5) is 26.3. The number of carbonyl (C=O) groups is 2. The van der Waals surface area contributed by atoms with Crippen LogP contribution in [-0.2, 0) is 22.4 Å². The molecule has 1 aromatic heterocycles. The van der Waals surface area contributed by atoms with Gasteiger partial charge in [-0.3, -0.25) is 9.59 Å². The molecular weight excluding hydrogens is 348 g/mol. The number of rotatable bonds is 6. The number of amides is 2. The molecule has 1 saturated carbocycles. The van der Waals surface area contributed by atoms with Gasteiger partial charge in [-0.2, -0.15) is 0 Å². The molecule has 0 bridgehead atoms. The lowest BCUT2D eigenvalue weighted by atomic mass is 9.92. The molecule has 6 heteroatoms. The van der Waals surface area contributed by atoms with Gasteiger partial charge in [0.25, 0.3) is 5.91 Å². The number of anilines is 1. The molecule has 0 saturated heterocycles. The Morgan fingerprint density at radius 2 is 1.96 bits per heavy atom. The summed E-state index contributed by atoms with van der Waals surface area (Å²) in [6.07, 6.45) is 5.49. The zero-order chi connectivity index (χ0) is 18.9. The third kappa shape index (κ3) is 4.65. The van der Waals surface area contributed by atoms with Crippen molar-refractivity contribution < 1.29 is 14.3 Å². The van der Waals surface area contributed by atoms with E-state index in [1.165, 1.54) is 4.88 Å². The lowest BCUT2D eigenvalue weighted by Gasteiger charge is -2.30. The van der Waals surface area contributed by atoms with E-state index in [1.54, 1.807) is 11.3 Å². The smallest absolute Gasteiger partial charge is 0.254 e. The van der Waals surface area contributed by atoms with Gasteiger partial charge in [0.2, 0.25) is 5.91 Å². The van der Waals surface area contributed by atoms with Crippen molar-refractivity contribution in [2.45, 2.75) is 77.9 Å². The van der Waals surface area contributed by atoms with Crippen LogP contribution in [0.4, 0.5) is 5.00 Å². The van der Waals surface area contributed by atoms with Crippen LogP contribution in [0.2, 0.25) is 0 Å². The van der Waals surface area contributed by atoms with E-state index >= 15 is 0 Å². The molecule has 1 heterocycles. The van der Waals surface area contributed by atoms with Gasteiger partial charge in [-0.1, -0.05) is 6.92 Å². The van der Waals surface area contributed by atoms with Crippen LogP contribution in [-0.4, -0.2) is 30.1 Å². The van der Waals surface area contributed by atoms with Crippen LogP contribution in [0.5, 0.6) is 0 Å². The van der Waals surface area contributed by atoms with Gasteiger partial charge in [-0.15, -0.1) is 11.3 Å². The fourth-order valence-corrected chi connectivity index (χ4v) is 4.61. The summed E-state index contributed by atoms with van der Waals surface area (Å²) in [5.74, 6) is 0.0974. The fraction of sp³-hybridized carbons (Fsp3) is 0.700. The zero-order valence-electron chi connectivity index (χ0n) is 16.2. The number of ether oxygens (including phenoxy) is 1. The first-order valence-corrected chi connectivity index (χ1v) is 10.5. The predicted octanol–water partition coefficient (Wildman–Crippen LogP) is 3.91. The highest BCUT2D eigenvalue weighted by atomic mass is 32.1. The van der Waals surface area contributed by atoms with Crippen LogP contribution in [0.25, 0.3) is 0 Å². The number of hydrogen-bond acceptors (Lipinski definition) is 4. The second-order valence-corrected chi connectivity index (χ2v) is 9.43. The van der Waals surface area contributed by atoms with Gasteiger partial charge in [-0.25, -0.2) is 0 Å². The lowest BCUT2D eigenvalue weighted by molar-refractivity contribution is -0.117. The number of fused-ring (bicyclic) bond motifs is 1. The molecule has 0 radical (unpaired) electrons. The molecule has 144 valence electrons. The zero-order valence-corrected chi connectivity index (χ0v) is 17.1. The Morgan fingerprint density at radius 1 is 1.23 bits per heavy atom. The van der Waals surface area contributed by atoms with Gasteiger partial charge in [0, 0.05) is 23.8 Å². The third-order valence-electron chi connectivity index (χ3n) is 4.68. The van der Waals surface area contributed by atoms with E-state index in [4.69, 9.17) is 4.74 Å². The van der Waals surface area contributed by atoms with Gasteiger partial charge in [-0.05, 0) is 58.4 Å². The number of nitrogens with one attached hydrogen (secondary N) is 2. The predicted molar refractivity (Wildman–Crippen MR) is 105 cm³/mol. The Morgan fingerprint density at radius 3 is 2.58 bits per heavy atom. The molecule has 1 aromatic rings. The molecule has 1 atom stereocenters. The molecule has 5 nitrogen and oxygen atoms in total. The quantitative estimate of drug-likeness (QED) is 0.789. The first-order chi connectivity index (χ1) is 12.3. The molecule has 1 fully saturated rings. The van der Waals surface area contributed by atoms with Crippen molar-refractivity contribution in [3.8, 4) is 0 Å². The van der Waals surface area contributed by atoms with Gasteiger partial charge in [0.1, 0.15) is 5.00 Å². The number of thiophene rings is 1. The minimum Gasteiger partial charge on any atom is -0.372 e. The Bertz CT molecular complexity index is 686. The van der Waals surface area contributed by atoms with E-state index in [-0.39, 0.29) is 29.4 Å². The van der Waals surface area contributed by atoms with E-state index in [1.807, 2.05) is 6.92 Å². The molecule has 2 amide bonds. The second kappa shape index (κ2) is 7.69. The molecule has 0 aliphatic heterocycles. The first kappa shape index (κ1) is 19.4. The molecule has 2 aliphatic rings. The van der Waals surface area contributed by atoms with E-state index in [9.17, 15) is 9.59 Å².